The van der Waals surface area contributed by atoms with Crippen LogP contribution in [0.3, 0.4) is 0 Å². The first kappa shape index (κ1) is 70.4. The molecule has 0 unspecified atom stereocenters. The Morgan fingerprint density at radius 1 is 0.264 bits per heavy atom. The Morgan fingerprint density at radius 2 is 0.458 bits per heavy atom. The maximum Gasteiger partial charge on any atom is 0.306 e. The van der Waals surface area contributed by atoms with Gasteiger partial charge >= 0.3 is 17.9 Å². The molecule has 6 nitrogen and oxygen atoms in total. The number of esters is 3. The van der Waals surface area contributed by atoms with Gasteiger partial charge in [0.2, 0.25) is 0 Å². The Morgan fingerprint density at radius 3 is 0.681 bits per heavy atom. The van der Waals surface area contributed by atoms with Crippen molar-refractivity contribution in [2.45, 2.75) is 381 Å². The zero-order chi connectivity index (χ0) is 52.5. The van der Waals surface area contributed by atoms with Crippen molar-refractivity contribution in [3.05, 3.63) is 0 Å². The van der Waals surface area contributed by atoms with Gasteiger partial charge < -0.3 is 14.2 Å². The van der Waals surface area contributed by atoms with E-state index in [0.29, 0.717) is 19.3 Å². The minimum Gasteiger partial charge on any atom is -0.462 e. The van der Waals surface area contributed by atoms with Crippen molar-refractivity contribution < 1.29 is 28.6 Å². The molecule has 0 saturated carbocycles. The van der Waals surface area contributed by atoms with Crippen molar-refractivity contribution in [3.63, 3.8) is 0 Å². The highest BCUT2D eigenvalue weighted by Crippen LogP contribution is 2.19. The second-order valence-electron chi connectivity index (χ2n) is 23.7. The van der Waals surface area contributed by atoms with Crippen LogP contribution >= 0.6 is 0 Å². The van der Waals surface area contributed by atoms with Crippen LogP contribution in [-0.2, 0) is 28.6 Å². The van der Waals surface area contributed by atoms with Gasteiger partial charge in [0, 0.05) is 19.3 Å². The van der Waals surface area contributed by atoms with E-state index in [0.717, 1.165) is 69.6 Å². The van der Waals surface area contributed by atoms with E-state index in [2.05, 4.69) is 34.6 Å². The number of carbonyl (C=O) groups is 3. The first-order valence-electron chi connectivity index (χ1n) is 32.7. The van der Waals surface area contributed by atoms with Gasteiger partial charge in [-0.25, -0.2) is 0 Å². The summed E-state index contributed by atoms with van der Waals surface area (Å²) in [5.74, 6) is 0.861. The topological polar surface area (TPSA) is 78.9 Å². The van der Waals surface area contributed by atoms with Crippen LogP contribution in [0, 0.1) is 11.8 Å². The van der Waals surface area contributed by atoms with Gasteiger partial charge in [-0.15, -0.1) is 0 Å². The minimum absolute atomic E-state index is 0.0618. The molecule has 0 radical (unpaired) electrons. The smallest absolute Gasteiger partial charge is 0.306 e. The second-order valence-corrected chi connectivity index (χ2v) is 23.7. The fourth-order valence-electron chi connectivity index (χ4n) is 10.3. The van der Waals surface area contributed by atoms with Crippen LogP contribution in [0.4, 0.5) is 0 Å². The van der Waals surface area contributed by atoms with Crippen LogP contribution in [0.25, 0.3) is 0 Å². The van der Waals surface area contributed by atoms with E-state index in [-0.39, 0.29) is 31.1 Å². The molecule has 0 spiro atoms. The fourth-order valence-corrected chi connectivity index (χ4v) is 10.3. The number of hydrogen-bond donors (Lipinski definition) is 0. The van der Waals surface area contributed by atoms with Crippen LogP contribution in [0.15, 0.2) is 0 Å². The number of rotatable bonds is 60. The first-order chi connectivity index (χ1) is 35.2. The van der Waals surface area contributed by atoms with E-state index in [1.165, 1.54) is 263 Å². The third kappa shape index (κ3) is 59.3. The van der Waals surface area contributed by atoms with E-state index in [1.54, 1.807) is 0 Å². The van der Waals surface area contributed by atoms with Gasteiger partial charge in [-0.3, -0.25) is 14.4 Å². The predicted octanol–water partition coefficient (Wildman–Crippen LogP) is 22.0. The van der Waals surface area contributed by atoms with Crippen molar-refractivity contribution in [1.29, 1.82) is 0 Å². The molecule has 0 aromatic heterocycles. The summed E-state index contributed by atoms with van der Waals surface area (Å²) in [6, 6.07) is 0. The van der Waals surface area contributed by atoms with Crippen LogP contribution in [0.1, 0.15) is 375 Å². The van der Waals surface area contributed by atoms with Gasteiger partial charge in [-0.2, -0.15) is 0 Å². The van der Waals surface area contributed by atoms with Crippen molar-refractivity contribution in [3.8, 4) is 0 Å². The van der Waals surface area contributed by atoms with Gasteiger partial charge in [0.1, 0.15) is 13.2 Å². The summed E-state index contributed by atoms with van der Waals surface area (Å²) in [7, 11) is 0. The highest BCUT2D eigenvalue weighted by molar-refractivity contribution is 5.71. The molecule has 0 aliphatic rings. The summed E-state index contributed by atoms with van der Waals surface area (Å²) in [5.41, 5.74) is 0. The number of ether oxygens (including phenoxy) is 3. The Kier molecular flexibility index (Phi) is 57.4. The lowest BCUT2D eigenvalue weighted by Crippen LogP contribution is -2.30. The molecule has 0 heterocycles. The molecule has 6 heteroatoms. The van der Waals surface area contributed by atoms with Crippen LogP contribution in [-0.4, -0.2) is 37.2 Å². The summed E-state index contributed by atoms with van der Waals surface area (Å²) < 4.78 is 17.0. The number of hydrogen-bond acceptors (Lipinski definition) is 6. The molecule has 0 amide bonds. The normalized spacial score (nSPS) is 12.0. The van der Waals surface area contributed by atoms with E-state index in [1.807, 2.05) is 0 Å². The lowest BCUT2D eigenvalue weighted by atomic mass is 10.0. The molecule has 1 atom stereocenters. The summed E-state index contributed by atoms with van der Waals surface area (Å²) in [5, 5.41) is 0. The van der Waals surface area contributed by atoms with Crippen LogP contribution in [0.5, 0.6) is 0 Å². The molecule has 0 rings (SSSR count). The van der Waals surface area contributed by atoms with E-state index in [4.69, 9.17) is 14.2 Å². The molecule has 0 N–H and O–H groups in total. The fraction of sp³-hybridized carbons (Fsp3) is 0.955. The molecule has 0 bridgehead atoms. The van der Waals surface area contributed by atoms with Crippen molar-refractivity contribution >= 4 is 17.9 Å². The summed E-state index contributed by atoms with van der Waals surface area (Å²) in [6.07, 6.45) is 65.4. The van der Waals surface area contributed by atoms with E-state index in [9.17, 15) is 14.4 Å². The van der Waals surface area contributed by atoms with Crippen LogP contribution in [0.2, 0.25) is 0 Å². The zero-order valence-electron chi connectivity index (χ0n) is 49.6. The molecule has 0 saturated heterocycles. The average Bonchev–Trinajstić information content (AvgIpc) is 3.36. The van der Waals surface area contributed by atoms with E-state index >= 15 is 0 Å². The zero-order valence-corrected chi connectivity index (χ0v) is 49.6. The second kappa shape index (κ2) is 58.7. The van der Waals surface area contributed by atoms with Gasteiger partial charge in [-0.1, -0.05) is 336 Å². The largest absolute Gasteiger partial charge is 0.462 e. The number of unbranched alkanes of at least 4 members (excludes halogenated alkanes) is 45. The predicted molar refractivity (Wildman–Crippen MR) is 312 cm³/mol. The van der Waals surface area contributed by atoms with Crippen molar-refractivity contribution in [2.75, 3.05) is 13.2 Å². The first-order valence-corrected chi connectivity index (χ1v) is 32.7. The van der Waals surface area contributed by atoms with Crippen LogP contribution < -0.4 is 0 Å². The van der Waals surface area contributed by atoms with Gasteiger partial charge in [0.25, 0.3) is 0 Å². The SMILES string of the molecule is CCCCCCCCCCCCCCCCCCCCC(=O)OC[C@@H](COC(=O)CCCCCCCCCCCCCCCCCCCCC(C)C)OC(=O)CCCCCCCCCCCCCCC(C)C. The monoisotopic (exact) mass is 1020 g/mol. The maximum atomic E-state index is 12.9. The molecule has 72 heavy (non-hydrogen) atoms. The van der Waals surface area contributed by atoms with Crippen molar-refractivity contribution in [2.24, 2.45) is 11.8 Å². The average molecular weight is 1020 g/mol. The van der Waals surface area contributed by atoms with Crippen molar-refractivity contribution in [1.82, 2.24) is 0 Å². The Bertz CT molecular complexity index is 1100. The Hall–Kier alpha value is -1.59. The molecule has 0 aliphatic heterocycles. The number of carbonyl (C=O) groups excluding carboxylic acids is 3. The van der Waals surface area contributed by atoms with E-state index < -0.39 is 6.10 Å². The molecular formula is C66H128O6. The van der Waals surface area contributed by atoms with Gasteiger partial charge in [0.05, 0.1) is 0 Å². The summed E-state index contributed by atoms with van der Waals surface area (Å²) in [6.45, 7) is 11.5. The molecule has 0 fully saturated rings. The lowest BCUT2D eigenvalue weighted by Gasteiger charge is -2.18. The summed E-state index contributed by atoms with van der Waals surface area (Å²) >= 11 is 0. The molecular weight excluding hydrogens is 889 g/mol. The summed E-state index contributed by atoms with van der Waals surface area (Å²) in [4.78, 5) is 38.3. The quantitative estimate of drug-likeness (QED) is 0.0343. The molecule has 0 aliphatic carbocycles. The maximum absolute atomic E-state index is 12.9. The molecule has 428 valence electrons. The third-order valence-corrected chi connectivity index (χ3v) is 15.2. The molecule has 0 aromatic rings. The Balaban J connectivity index is 4.26. The highest BCUT2D eigenvalue weighted by atomic mass is 16.6. The standard InChI is InChI=1S/C66H128O6/c1-6-7-8-9-10-11-12-13-14-15-19-22-25-31-36-41-46-51-56-64(67)70-59-63(72-66(69)58-53-48-43-38-33-28-27-30-35-40-45-50-55-62(4)5)60-71-65(68)57-52-47-42-37-32-26-23-20-17-16-18-21-24-29-34-39-44-49-54-61(2)3/h61-63H,6-60H2,1-5H3/t63-/m0/s1. The lowest BCUT2D eigenvalue weighted by molar-refractivity contribution is -0.167. The Labute approximate surface area is 450 Å². The third-order valence-electron chi connectivity index (χ3n) is 15.2. The molecule has 0 aromatic carbocycles. The van der Waals surface area contributed by atoms with Gasteiger partial charge in [0.15, 0.2) is 6.10 Å². The minimum atomic E-state index is -0.764. The van der Waals surface area contributed by atoms with Gasteiger partial charge in [-0.05, 0) is 31.1 Å². The highest BCUT2D eigenvalue weighted by Gasteiger charge is 2.19.